The fraction of sp³-hybridized carbons (Fsp3) is 0.118. The quantitative estimate of drug-likeness (QED) is 0.693. The zero-order valence-electron chi connectivity index (χ0n) is 12.7. The van der Waals surface area contributed by atoms with E-state index in [2.05, 4.69) is 0 Å². The van der Waals surface area contributed by atoms with Crippen LogP contribution in [0.15, 0.2) is 54.6 Å². The van der Waals surface area contributed by atoms with Gasteiger partial charge >= 0.3 is 5.97 Å². The molecule has 0 fully saturated rings. The first-order valence-electron chi connectivity index (χ1n) is 6.91. The molecule has 0 N–H and O–H groups in total. The summed E-state index contributed by atoms with van der Waals surface area (Å²) in [5.74, 6) is -0.458. The van der Waals surface area contributed by atoms with Crippen molar-refractivity contribution >= 4 is 26.9 Å². The number of carbonyl (C=O) groups is 1. The van der Waals surface area contributed by atoms with E-state index in [0.717, 1.165) is 11.8 Å². The molecule has 3 rings (SSSR count). The van der Waals surface area contributed by atoms with Crippen molar-refractivity contribution in [2.24, 2.45) is 0 Å². The molecule has 3 aromatic rings. The number of methoxy groups -OCH3 is 1. The molecule has 0 saturated carbocycles. The molecule has 5 nitrogen and oxygen atoms in total. The van der Waals surface area contributed by atoms with Gasteiger partial charge in [0.15, 0.2) is 0 Å². The molecule has 0 spiro atoms. The van der Waals surface area contributed by atoms with E-state index in [4.69, 9.17) is 4.74 Å². The van der Waals surface area contributed by atoms with Crippen LogP contribution in [-0.2, 0) is 14.8 Å². The lowest BCUT2D eigenvalue weighted by Gasteiger charge is -2.08. The van der Waals surface area contributed by atoms with E-state index in [1.165, 1.54) is 11.1 Å². The number of hydrogen-bond donors (Lipinski definition) is 0. The third-order valence-electron chi connectivity index (χ3n) is 3.58. The Balaban J connectivity index is 2.33. The monoisotopic (exact) mass is 329 g/mol. The second-order valence-corrected chi connectivity index (χ2v) is 7.02. The summed E-state index contributed by atoms with van der Waals surface area (Å²) in [5, 5.41) is 0.664. The van der Waals surface area contributed by atoms with Gasteiger partial charge in [-0.2, -0.15) is 0 Å². The third kappa shape index (κ3) is 2.73. The van der Waals surface area contributed by atoms with Crippen molar-refractivity contribution in [3.63, 3.8) is 0 Å². The minimum absolute atomic E-state index is 0.380. The van der Waals surface area contributed by atoms with Crippen molar-refractivity contribution in [3.05, 3.63) is 60.2 Å². The fourth-order valence-corrected chi connectivity index (χ4v) is 3.64. The van der Waals surface area contributed by atoms with Gasteiger partial charge < -0.3 is 4.74 Å². The summed E-state index contributed by atoms with van der Waals surface area (Å²) in [7, 11) is -2.19. The molecular formula is C17H15NO4S. The molecule has 1 aromatic heterocycles. The van der Waals surface area contributed by atoms with Crippen LogP contribution in [0.3, 0.4) is 0 Å². The Morgan fingerprint density at radius 3 is 2.35 bits per heavy atom. The third-order valence-corrected chi connectivity index (χ3v) is 4.64. The van der Waals surface area contributed by atoms with E-state index in [1.54, 1.807) is 24.3 Å². The summed E-state index contributed by atoms with van der Waals surface area (Å²) in [4.78, 5) is 11.7. The number of aromatic nitrogens is 1. The predicted octanol–water partition coefficient (Wildman–Crippen LogP) is 2.90. The van der Waals surface area contributed by atoms with E-state index in [0.29, 0.717) is 22.2 Å². The molecule has 0 unspecified atom stereocenters. The van der Waals surface area contributed by atoms with Gasteiger partial charge in [0.05, 0.1) is 30.1 Å². The Morgan fingerprint density at radius 1 is 1.04 bits per heavy atom. The second kappa shape index (κ2) is 5.55. The number of nitrogens with zero attached hydrogens (tertiary/aromatic N) is 1. The molecule has 0 saturated heterocycles. The van der Waals surface area contributed by atoms with Crippen LogP contribution in [0.5, 0.6) is 0 Å². The number of rotatable bonds is 3. The number of esters is 1. The van der Waals surface area contributed by atoms with Crippen molar-refractivity contribution in [3.8, 4) is 11.3 Å². The summed E-state index contributed by atoms with van der Waals surface area (Å²) in [6, 6.07) is 15.8. The van der Waals surface area contributed by atoms with E-state index in [9.17, 15) is 13.2 Å². The zero-order valence-corrected chi connectivity index (χ0v) is 13.5. The van der Waals surface area contributed by atoms with Crippen LogP contribution in [0.1, 0.15) is 10.4 Å². The highest BCUT2D eigenvalue weighted by atomic mass is 32.2. The predicted molar refractivity (Wildman–Crippen MR) is 89.0 cm³/mol. The number of carbonyl (C=O) groups excluding carboxylic acids is 1. The summed E-state index contributed by atoms with van der Waals surface area (Å²) >= 11 is 0. The Morgan fingerprint density at radius 2 is 1.74 bits per heavy atom. The highest BCUT2D eigenvalue weighted by Gasteiger charge is 2.19. The molecule has 1 heterocycles. The molecule has 0 aliphatic carbocycles. The van der Waals surface area contributed by atoms with Gasteiger partial charge in [-0.05, 0) is 29.8 Å². The van der Waals surface area contributed by atoms with Crippen LogP contribution in [0, 0.1) is 0 Å². The molecule has 6 heteroatoms. The maximum absolute atomic E-state index is 12.2. The minimum atomic E-state index is -3.50. The van der Waals surface area contributed by atoms with Gasteiger partial charge in [-0.3, -0.25) is 0 Å². The molecular weight excluding hydrogens is 314 g/mol. The van der Waals surface area contributed by atoms with Crippen molar-refractivity contribution in [2.75, 3.05) is 13.4 Å². The summed E-state index contributed by atoms with van der Waals surface area (Å²) in [6.07, 6.45) is 1.16. The zero-order chi connectivity index (χ0) is 16.6. The topological polar surface area (TPSA) is 65.4 Å². The van der Waals surface area contributed by atoms with Crippen LogP contribution >= 0.6 is 0 Å². The number of fused-ring (bicyclic) bond motifs is 1. The molecule has 23 heavy (non-hydrogen) atoms. The van der Waals surface area contributed by atoms with E-state index in [1.807, 2.05) is 30.3 Å². The normalized spacial score (nSPS) is 11.6. The van der Waals surface area contributed by atoms with Crippen molar-refractivity contribution in [2.45, 2.75) is 0 Å². The van der Waals surface area contributed by atoms with Gasteiger partial charge in [0.2, 0.25) is 10.0 Å². The van der Waals surface area contributed by atoms with Gasteiger partial charge in [0.25, 0.3) is 0 Å². The van der Waals surface area contributed by atoms with Crippen LogP contribution in [0.2, 0.25) is 0 Å². The first-order chi connectivity index (χ1) is 10.9. The molecule has 0 aliphatic heterocycles. The van der Waals surface area contributed by atoms with Crippen LogP contribution in [0.4, 0.5) is 0 Å². The molecule has 0 bridgehead atoms. The van der Waals surface area contributed by atoms with Gasteiger partial charge in [-0.25, -0.2) is 17.2 Å². The molecule has 0 aliphatic rings. The van der Waals surface area contributed by atoms with E-state index >= 15 is 0 Å². The van der Waals surface area contributed by atoms with E-state index in [-0.39, 0.29) is 0 Å². The largest absolute Gasteiger partial charge is 0.465 e. The number of hydrogen-bond acceptors (Lipinski definition) is 4. The van der Waals surface area contributed by atoms with Crippen LogP contribution < -0.4 is 0 Å². The molecule has 0 atom stereocenters. The standard InChI is InChI=1S/C17H15NO4S/c1-22-17(19)13-8-9-15-14(10-13)11-16(18(15)23(2,20)21)12-6-4-3-5-7-12/h3-11H,1-2H3. The second-order valence-electron chi connectivity index (χ2n) is 5.19. The Kier molecular flexibility index (Phi) is 3.69. The Hall–Kier alpha value is -2.60. The molecule has 0 radical (unpaired) electrons. The first kappa shape index (κ1) is 15.3. The highest BCUT2D eigenvalue weighted by molar-refractivity contribution is 7.89. The fourth-order valence-electron chi connectivity index (χ4n) is 2.60. The van der Waals surface area contributed by atoms with E-state index < -0.39 is 16.0 Å². The summed E-state index contributed by atoms with van der Waals surface area (Å²) < 4.78 is 30.5. The number of benzene rings is 2. The van der Waals surface area contributed by atoms with Crippen LogP contribution in [-0.4, -0.2) is 31.7 Å². The summed E-state index contributed by atoms with van der Waals surface area (Å²) in [6.45, 7) is 0. The van der Waals surface area contributed by atoms with Gasteiger partial charge in [0, 0.05) is 5.39 Å². The number of ether oxygens (including phenoxy) is 1. The van der Waals surface area contributed by atoms with Crippen molar-refractivity contribution < 1.29 is 17.9 Å². The maximum atomic E-state index is 12.2. The lowest BCUT2D eigenvalue weighted by atomic mass is 10.1. The van der Waals surface area contributed by atoms with Gasteiger partial charge in [-0.1, -0.05) is 30.3 Å². The average Bonchev–Trinajstić information content (AvgIpc) is 2.93. The average molecular weight is 329 g/mol. The maximum Gasteiger partial charge on any atom is 0.337 e. The van der Waals surface area contributed by atoms with Gasteiger partial charge in [0.1, 0.15) is 0 Å². The van der Waals surface area contributed by atoms with Crippen molar-refractivity contribution in [1.29, 1.82) is 0 Å². The van der Waals surface area contributed by atoms with Crippen LogP contribution in [0.25, 0.3) is 22.2 Å². The van der Waals surface area contributed by atoms with Crippen molar-refractivity contribution in [1.82, 2.24) is 3.97 Å². The molecule has 2 aromatic carbocycles. The molecule has 0 amide bonds. The SMILES string of the molecule is COC(=O)c1ccc2c(c1)cc(-c1ccccc1)n2S(C)(=O)=O. The molecule has 118 valence electrons. The lowest BCUT2D eigenvalue weighted by molar-refractivity contribution is 0.0601. The Labute approximate surface area is 134 Å². The first-order valence-corrected chi connectivity index (χ1v) is 8.76. The highest BCUT2D eigenvalue weighted by Crippen LogP contribution is 2.30. The van der Waals surface area contributed by atoms with Gasteiger partial charge in [-0.15, -0.1) is 0 Å². The minimum Gasteiger partial charge on any atom is -0.465 e. The lowest BCUT2D eigenvalue weighted by Crippen LogP contribution is -2.11. The summed E-state index contributed by atoms with van der Waals surface area (Å²) in [5.41, 5.74) is 2.25. The Bertz CT molecular complexity index is 988. The smallest absolute Gasteiger partial charge is 0.337 e.